The van der Waals surface area contributed by atoms with E-state index in [1.54, 1.807) is 24.3 Å². The van der Waals surface area contributed by atoms with Crippen LogP contribution in [0.3, 0.4) is 0 Å². The van der Waals surface area contributed by atoms with E-state index in [0.29, 0.717) is 11.7 Å². The van der Waals surface area contributed by atoms with E-state index >= 15 is 0 Å². The molecule has 0 amide bonds. The molecule has 0 saturated carbocycles. The number of hydrogen-bond donors (Lipinski definition) is 1. The van der Waals surface area contributed by atoms with Crippen molar-refractivity contribution in [2.45, 2.75) is 39.2 Å². The Hall–Kier alpha value is -4.42. The summed E-state index contributed by atoms with van der Waals surface area (Å²) in [5.41, 5.74) is 5.52. The van der Waals surface area contributed by atoms with Crippen molar-refractivity contribution in [1.82, 2.24) is 14.8 Å². The molecule has 1 aliphatic heterocycles. The summed E-state index contributed by atoms with van der Waals surface area (Å²) in [6.07, 6.45) is 10.7. The van der Waals surface area contributed by atoms with Crippen molar-refractivity contribution in [3.05, 3.63) is 77.9 Å². The van der Waals surface area contributed by atoms with E-state index in [-0.39, 0.29) is 0 Å². The van der Waals surface area contributed by atoms with Gasteiger partial charge < -0.3 is 19.9 Å². The molecule has 0 bridgehead atoms. The molecule has 1 fully saturated rings. The van der Waals surface area contributed by atoms with Crippen LogP contribution in [0.1, 0.15) is 44.2 Å². The van der Waals surface area contributed by atoms with Gasteiger partial charge in [-0.1, -0.05) is 6.92 Å². The van der Waals surface area contributed by atoms with E-state index in [0.717, 1.165) is 72.3 Å². The number of piperidine rings is 1. The number of allylic oxidation sites excluding steroid dienone is 3. The van der Waals surface area contributed by atoms with Crippen molar-refractivity contribution in [2.24, 2.45) is 4.99 Å². The summed E-state index contributed by atoms with van der Waals surface area (Å²) in [6, 6.07) is 16.2. The first-order valence-electron chi connectivity index (χ1n) is 13.6. The SMILES string of the molecule is CC/C=C(/N=C\C=C(/C)c1cc(C#N)cc(N(C)C)c1)Nc1ccc(-n2cnc(N3CCC(OC)CC3)n2)cc1. The van der Waals surface area contributed by atoms with Gasteiger partial charge in [-0.05, 0) is 91.9 Å². The first-order chi connectivity index (χ1) is 19.4. The first kappa shape index (κ1) is 28.6. The van der Waals surface area contributed by atoms with Crippen LogP contribution in [-0.2, 0) is 4.74 Å². The normalized spacial score (nSPS) is 14.9. The quantitative estimate of drug-likeness (QED) is 0.333. The van der Waals surface area contributed by atoms with Crippen LogP contribution >= 0.6 is 0 Å². The average molecular weight is 539 g/mol. The minimum Gasteiger partial charge on any atom is -0.381 e. The van der Waals surface area contributed by atoms with Crippen molar-refractivity contribution in [2.75, 3.05) is 49.4 Å². The molecule has 0 radical (unpaired) electrons. The first-order valence-corrected chi connectivity index (χ1v) is 13.6. The lowest BCUT2D eigenvalue weighted by atomic mass is 10.0. The molecule has 208 valence electrons. The van der Waals surface area contributed by atoms with E-state index in [1.165, 1.54) is 0 Å². The summed E-state index contributed by atoms with van der Waals surface area (Å²) in [4.78, 5) is 13.4. The number of nitrogens with zero attached hydrogens (tertiary/aromatic N) is 7. The number of aromatic nitrogens is 3. The minimum atomic E-state index is 0.326. The van der Waals surface area contributed by atoms with Crippen LogP contribution in [0.5, 0.6) is 0 Å². The molecule has 40 heavy (non-hydrogen) atoms. The predicted molar refractivity (Wildman–Crippen MR) is 163 cm³/mol. The van der Waals surface area contributed by atoms with Gasteiger partial charge in [0.15, 0.2) is 0 Å². The van der Waals surface area contributed by atoms with Crippen molar-refractivity contribution in [3.8, 4) is 11.8 Å². The van der Waals surface area contributed by atoms with Gasteiger partial charge >= 0.3 is 0 Å². The second-order valence-corrected chi connectivity index (χ2v) is 9.98. The van der Waals surface area contributed by atoms with Crippen molar-refractivity contribution in [1.29, 1.82) is 5.26 Å². The largest absolute Gasteiger partial charge is 0.381 e. The summed E-state index contributed by atoms with van der Waals surface area (Å²) >= 11 is 0. The Kier molecular flexibility index (Phi) is 9.71. The number of rotatable bonds is 10. The molecule has 1 saturated heterocycles. The van der Waals surface area contributed by atoms with E-state index in [1.807, 2.05) is 74.5 Å². The standard InChI is InChI=1S/C31H38N8O/c1-6-7-30(33-15-12-23(2)25-18-24(21-32)19-28(20-25)37(3)4)35-26-8-10-27(11-9-26)39-22-34-31(36-39)38-16-13-29(40-5)14-17-38/h7-12,15,18-20,22,29,35H,6,13-14,16-17H2,1-5H3/b23-12+,30-7-,33-15-. The number of methoxy groups -OCH3 is 1. The monoisotopic (exact) mass is 538 g/mol. The molecule has 0 spiro atoms. The highest BCUT2D eigenvalue weighted by molar-refractivity contribution is 5.85. The molecule has 1 aliphatic rings. The maximum absolute atomic E-state index is 9.41. The molecule has 1 aromatic heterocycles. The zero-order valence-corrected chi connectivity index (χ0v) is 24.0. The van der Waals surface area contributed by atoms with Gasteiger partial charge in [0.05, 0.1) is 23.4 Å². The zero-order valence-electron chi connectivity index (χ0n) is 24.0. The summed E-state index contributed by atoms with van der Waals surface area (Å²) in [7, 11) is 5.71. The lowest BCUT2D eigenvalue weighted by molar-refractivity contribution is 0.0816. The third-order valence-electron chi connectivity index (χ3n) is 6.90. The second-order valence-electron chi connectivity index (χ2n) is 9.98. The van der Waals surface area contributed by atoms with E-state index in [2.05, 4.69) is 39.3 Å². The average Bonchev–Trinajstić information content (AvgIpc) is 3.47. The third-order valence-corrected chi connectivity index (χ3v) is 6.90. The zero-order chi connectivity index (χ0) is 28.5. The summed E-state index contributed by atoms with van der Waals surface area (Å²) in [6.45, 7) is 5.90. The van der Waals surface area contributed by atoms with Crippen LogP contribution in [0, 0.1) is 11.3 Å². The fourth-order valence-electron chi connectivity index (χ4n) is 4.48. The molecule has 3 aromatic rings. The molecule has 0 unspecified atom stereocenters. The number of nitriles is 1. The molecular formula is C31H38N8O. The molecule has 0 aliphatic carbocycles. The van der Waals surface area contributed by atoms with Crippen LogP contribution < -0.4 is 15.1 Å². The lowest BCUT2D eigenvalue weighted by Crippen LogP contribution is -2.37. The highest BCUT2D eigenvalue weighted by Gasteiger charge is 2.21. The van der Waals surface area contributed by atoms with Crippen LogP contribution in [0.2, 0.25) is 0 Å². The second kappa shape index (κ2) is 13.6. The number of hydrogen-bond acceptors (Lipinski definition) is 8. The Morgan fingerprint density at radius 1 is 1.20 bits per heavy atom. The van der Waals surface area contributed by atoms with Crippen molar-refractivity contribution < 1.29 is 4.74 Å². The number of benzene rings is 2. The maximum atomic E-state index is 9.41. The van der Waals surface area contributed by atoms with Gasteiger partial charge in [0.25, 0.3) is 0 Å². The number of nitrogens with one attached hydrogen (secondary N) is 1. The smallest absolute Gasteiger partial charge is 0.245 e. The molecule has 9 nitrogen and oxygen atoms in total. The topological polar surface area (TPSA) is 94.6 Å². The van der Waals surface area contributed by atoms with Crippen molar-refractivity contribution >= 4 is 29.1 Å². The molecule has 1 N–H and O–H groups in total. The predicted octanol–water partition coefficient (Wildman–Crippen LogP) is 5.66. The Morgan fingerprint density at radius 3 is 2.60 bits per heavy atom. The Morgan fingerprint density at radius 2 is 1.95 bits per heavy atom. The Balaban J connectivity index is 1.41. The molecule has 0 atom stereocenters. The fourth-order valence-corrected chi connectivity index (χ4v) is 4.48. The molecule has 9 heteroatoms. The van der Waals surface area contributed by atoms with Crippen LogP contribution in [0.4, 0.5) is 17.3 Å². The van der Waals surface area contributed by atoms with Gasteiger partial charge in [-0.15, -0.1) is 5.10 Å². The third kappa shape index (κ3) is 7.36. The Bertz CT molecular complexity index is 1400. The van der Waals surface area contributed by atoms with Crippen LogP contribution in [0.15, 0.2) is 71.8 Å². The van der Waals surface area contributed by atoms with E-state index < -0.39 is 0 Å². The fraction of sp³-hybridized carbons (Fsp3) is 0.355. The summed E-state index contributed by atoms with van der Waals surface area (Å²) in [5, 5.41) is 17.5. The molecular weight excluding hydrogens is 500 g/mol. The van der Waals surface area contributed by atoms with E-state index in [9.17, 15) is 5.26 Å². The summed E-state index contributed by atoms with van der Waals surface area (Å²) < 4.78 is 7.27. The number of aliphatic imine (C=N–C) groups is 1. The number of ether oxygens (including phenoxy) is 1. The molecule has 2 heterocycles. The maximum Gasteiger partial charge on any atom is 0.245 e. The molecule has 4 rings (SSSR count). The van der Waals surface area contributed by atoms with Crippen LogP contribution in [0.25, 0.3) is 11.3 Å². The minimum absolute atomic E-state index is 0.326. The highest BCUT2D eigenvalue weighted by Crippen LogP contribution is 2.23. The van der Waals surface area contributed by atoms with Gasteiger partial charge in [-0.25, -0.2) is 9.67 Å². The van der Waals surface area contributed by atoms with Gasteiger partial charge in [0.1, 0.15) is 12.1 Å². The van der Waals surface area contributed by atoms with Crippen LogP contribution in [-0.4, -0.2) is 61.4 Å². The highest BCUT2D eigenvalue weighted by atomic mass is 16.5. The van der Waals surface area contributed by atoms with Gasteiger partial charge in [-0.2, -0.15) is 10.2 Å². The van der Waals surface area contributed by atoms with Gasteiger partial charge in [-0.3, -0.25) is 0 Å². The van der Waals surface area contributed by atoms with E-state index in [4.69, 9.17) is 9.84 Å². The summed E-state index contributed by atoms with van der Waals surface area (Å²) in [5.74, 6) is 1.52. The lowest BCUT2D eigenvalue weighted by Gasteiger charge is -2.30. The Labute approximate surface area is 237 Å². The van der Waals surface area contributed by atoms with Crippen molar-refractivity contribution in [3.63, 3.8) is 0 Å². The number of anilines is 3. The van der Waals surface area contributed by atoms with Gasteiger partial charge in [0.2, 0.25) is 5.95 Å². The molecule has 2 aromatic carbocycles. The van der Waals surface area contributed by atoms with Gasteiger partial charge in [0, 0.05) is 51.9 Å².